The van der Waals surface area contributed by atoms with E-state index in [-0.39, 0.29) is 5.92 Å². The van der Waals surface area contributed by atoms with Crippen molar-refractivity contribution in [3.8, 4) is 0 Å². The topological polar surface area (TPSA) is 46.5 Å². The first-order valence-electron chi connectivity index (χ1n) is 4.12. The highest BCUT2D eigenvalue weighted by Gasteiger charge is 2.13. The highest BCUT2D eigenvalue weighted by atomic mass is 35.5. The number of esters is 1. The van der Waals surface area contributed by atoms with Crippen LogP contribution in [0.2, 0.25) is 0 Å². The van der Waals surface area contributed by atoms with E-state index in [0.29, 0.717) is 11.6 Å². The van der Waals surface area contributed by atoms with E-state index < -0.39 is 12.1 Å². The summed E-state index contributed by atoms with van der Waals surface area (Å²) in [6.45, 7) is 5.73. The Morgan fingerprint density at radius 3 is 2.54 bits per heavy atom. The van der Waals surface area contributed by atoms with E-state index in [1.165, 1.54) is 6.08 Å². The van der Waals surface area contributed by atoms with Crippen LogP contribution in [0.25, 0.3) is 0 Å². The van der Waals surface area contributed by atoms with Crippen LogP contribution < -0.4 is 0 Å². The molecule has 0 heterocycles. The van der Waals surface area contributed by atoms with Gasteiger partial charge in [0.05, 0.1) is 6.61 Å². The lowest BCUT2D eigenvalue weighted by Gasteiger charge is -2.09. The van der Waals surface area contributed by atoms with Gasteiger partial charge in [0, 0.05) is 5.03 Å². The van der Waals surface area contributed by atoms with Gasteiger partial charge in [-0.3, -0.25) is 0 Å². The van der Waals surface area contributed by atoms with Crippen molar-refractivity contribution in [2.75, 3.05) is 6.61 Å². The van der Waals surface area contributed by atoms with E-state index >= 15 is 0 Å². The van der Waals surface area contributed by atoms with Crippen LogP contribution in [0.15, 0.2) is 11.1 Å². The Bertz CT molecular complexity index is 195. The van der Waals surface area contributed by atoms with Crippen LogP contribution in [0, 0.1) is 5.92 Å². The predicted molar refractivity (Wildman–Crippen MR) is 51.4 cm³/mol. The van der Waals surface area contributed by atoms with Gasteiger partial charge in [-0.1, -0.05) is 25.4 Å². The third kappa shape index (κ3) is 6.61. The van der Waals surface area contributed by atoms with Gasteiger partial charge in [0.1, 0.15) is 0 Å². The minimum atomic E-state index is -1.25. The van der Waals surface area contributed by atoms with Crippen molar-refractivity contribution in [3.63, 3.8) is 0 Å². The fraction of sp³-hybridized carbons (Fsp3) is 0.667. The predicted octanol–water partition coefficient (Wildman–Crippen LogP) is 1.69. The molecule has 0 bridgehead atoms. The molecule has 0 aromatic carbocycles. The zero-order valence-electron chi connectivity index (χ0n) is 8.08. The van der Waals surface area contributed by atoms with Crippen LogP contribution >= 0.6 is 11.6 Å². The number of carbonyl (C=O) groups is 1. The minimum absolute atomic E-state index is 0.261. The van der Waals surface area contributed by atoms with Crippen LogP contribution in [-0.2, 0) is 9.53 Å². The second-order valence-electron chi connectivity index (χ2n) is 3.22. The van der Waals surface area contributed by atoms with Gasteiger partial charge in [0.15, 0.2) is 6.10 Å². The molecule has 0 aromatic rings. The van der Waals surface area contributed by atoms with Crippen LogP contribution in [0.4, 0.5) is 0 Å². The fourth-order valence-corrected chi connectivity index (χ4v) is 0.739. The third-order valence-corrected chi connectivity index (χ3v) is 1.31. The number of carbonyl (C=O) groups excluding carboxylic acids is 1. The molecule has 0 saturated heterocycles. The summed E-state index contributed by atoms with van der Waals surface area (Å²) in [4.78, 5) is 11.0. The molecular formula is C9H15ClO3. The number of hydrogen-bond acceptors (Lipinski definition) is 3. The number of aliphatic hydroxyl groups excluding tert-OH is 1. The number of halogens is 1. The van der Waals surface area contributed by atoms with Crippen molar-refractivity contribution in [2.45, 2.75) is 26.9 Å². The van der Waals surface area contributed by atoms with Crippen molar-refractivity contribution in [3.05, 3.63) is 11.1 Å². The molecule has 3 nitrogen and oxygen atoms in total. The van der Waals surface area contributed by atoms with E-state index in [1.807, 2.05) is 13.8 Å². The third-order valence-electron chi connectivity index (χ3n) is 1.19. The molecule has 13 heavy (non-hydrogen) atoms. The maximum atomic E-state index is 11.0. The average molecular weight is 207 g/mol. The number of allylic oxidation sites excluding steroid dienone is 1. The molecule has 4 heteroatoms. The second-order valence-corrected chi connectivity index (χ2v) is 3.82. The first-order chi connectivity index (χ1) is 5.93. The molecule has 0 spiro atoms. The smallest absolute Gasteiger partial charge is 0.339 e. The Hall–Kier alpha value is -0.540. The molecule has 0 radical (unpaired) electrons. The first-order valence-corrected chi connectivity index (χ1v) is 4.50. The normalized spacial score (nSPS) is 14.5. The highest BCUT2D eigenvalue weighted by Crippen LogP contribution is 2.03. The molecule has 0 aromatic heterocycles. The van der Waals surface area contributed by atoms with Gasteiger partial charge in [0.25, 0.3) is 0 Å². The SMILES string of the molecule is CC(Cl)=CC(O)C(=O)OCC(C)C. The number of rotatable bonds is 4. The molecular weight excluding hydrogens is 192 g/mol. The maximum absolute atomic E-state index is 11.0. The molecule has 76 valence electrons. The molecule has 0 aliphatic rings. The summed E-state index contributed by atoms with van der Waals surface area (Å²) in [5.41, 5.74) is 0. The summed E-state index contributed by atoms with van der Waals surface area (Å²) < 4.78 is 4.77. The average Bonchev–Trinajstić information content (AvgIpc) is 1.98. The number of hydrogen-bond donors (Lipinski definition) is 1. The van der Waals surface area contributed by atoms with Crippen LogP contribution in [0.3, 0.4) is 0 Å². The molecule has 1 unspecified atom stereocenters. The minimum Gasteiger partial charge on any atom is -0.463 e. The monoisotopic (exact) mass is 206 g/mol. The summed E-state index contributed by atoms with van der Waals surface area (Å²) in [7, 11) is 0. The Morgan fingerprint density at radius 2 is 2.15 bits per heavy atom. The van der Waals surface area contributed by atoms with Crippen molar-refractivity contribution in [1.82, 2.24) is 0 Å². The van der Waals surface area contributed by atoms with Crippen molar-refractivity contribution < 1.29 is 14.6 Å². The van der Waals surface area contributed by atoms with Gasteiger partial charge in [-0.25, -0.2) is 4.79 Å². The zero-order valence-corrected chi connectivity index (χ0v) is 8.84. The molecule has 1 atom stereocenters. The quantitative estimate of drug-likeness (QED) is 0.713. The zero-order chi connectivity index (χ0) is 10.4. The van der Waals surface area contributed by atoms with E-state index in [2.05, 4.69) is 0 Å². The van der Waals surface area contributed by atoms with Gasteiger partial charge < -0.3 is 9.84 Å². The summed E-state index contributed by atoms with van der Waals surface area (Å²) in [6, 6.07) is 0. The fourth-order valence-electron chi connectivity index (χ4n) is 0.620. The van der Waals surface area contributed by atoms with Gasteiger partial charge >= 0.3 is 5.97 Å². The summed E-state index contributed by atoms with van der Waals surface area (Å²) >= 11 is 5.47. The Kier molecular flexibility index (Phi) is 5.75. The molecule has 0 amide bonds. The number of aliphatic hydroxyl groups is 1. The standard InChI is InChI=1S/C9H15ClO3/c1-6(2)5-13-9(12)8(11)4-7(3)10/h4,6,8,11H,5H2,1-3H3. The maximum Gasteiger partial charge on any atom is 0.339 e. The van der Waals surface area contributed by atoms with Gasteiger partial charge in [-0.05, 0) is 18.9 Å². The number of ether oxygens (including phenoxy) is 1. The Balaban J connectivity index is 3.90. The molecule has 1 N–H and O–H groups in total. The summed E-state index contributed by atoms with van der Waals surface area (Å²) in [6.07, 6.45) is -0.0132. The van der Waals surface area contributed by atoms with Crippen molar-refractivity contribution in [2.24, 2.45) is 5.92 Å². The van der Waals surface area contributed by atoms with Crippen LogP contribution in [-0.4, -0.2) is 23.8 Å². The first kappa shape index (κ1) is 12.5. The molecule has 0 fully saturated rings. The van der Waals surface area contributed by atoms with E-state index in [9.17, 15) is 4.79 Å². The summed E-state index contributed by atoms with van der Waals surface area (Å²) in [5, 5.41) is 9.54. The van der Waals surface area contributed by atoms with E-state index in [1.54, 1.807) is 6.92 Å². The lowest BCUT2D eigenvalue weighted by atomic mass is 10.2. The van der Waals surface area contributed by atoms with Crippen LogP contribution in [0.5, 0.6) is 0 Å². The largest absolute Gasteiger partial charge is 0.463 e. The van der Waals surface area contributed by atoms with Crippen molar-refractivity contribution >= 4 is 17.6 Å². The van der Waals surface area contributed by atoms with Gasteiger partial charge in [-0.15, -0.1) is 0 Å². The van der Waals surface area contributed by atoms with E-state index in [0.717, 1.165) is 0 Å². The van der Waals surface area contributed by atoms with Gasteiger partial charge in [-0.2, -0.15) is 0 Å². The molecule has 0 aliphatic heterocycles. The highest BCUT2D eigenvalue weighted by molar-refractivity contribution is 6.29. The lowest BCUT2D eigenvalue weighted by molar-refractivity contribution is -0.152. The lowest BCUT2D eigenvalue weighted by Crippen LogP contribution is -2.22. The molecule has 0 saturated carbocycles. The second kappa shape index (κ2) is 6.00. The molecule has 0 rings (SSSR count). The summed E-state index contributed by atoms with van der Waals surface area (Å²) in [5.74, 6) is -0.397. The van der Waals surface area contributed by atoms with Gasteiger partial charge in [0.2, 0.25) is 0 Å². The van der Waals surface area contributed by atoms with Crippen LogP contribution in [0.1, 0.15) is 20.8 Å². The Morgan fingerprint density at radius 1 is 1.62 bits per heavy atom. The van der Waals surface area contributed by atoms with E-state index in [4.69, 9.17) is 21.4 Å². The Labute approximate surface area is 83.3 Å². The molecule has 0 aliphatic carbocycles. The van der Waals surface area contributed by atoms with Crippen molar-refractivity contribution in [1.29, 1.82) is 0 Å².